The van der Waals surface area contributed by atoms with Gasteiger partial charge in [-0.25, -0.2) is 0 Å². The summed E-state index contributed by atoms with van der Waals surface area (Å²) in [6, 6.07) is 8.58. The lowest BCUT2D eigenvalue weighted by molar-refractivity contribution is 0.0911. The minimum atomic E-state index is -0.347. The Morgan fingerprint density at radius 1 is 1.35 bits per heavy atom. The fraction of sp³-hybridized carbons (Fsp3) is 0.333. The Kier molecular flexibility index (Phi) is 4.20. The number of H-pyrrole nitrogens is 1. The summed E-state index contributed by atoms with van der Waals surface area (Å²) in [7, 11) is 0. The van der Waals surface area contributed by atoms with Crippen LogP contribution in [0.1, 0.15) is 24.3 Å². The molecule has 106 valence electrons. The Morgan fingerprint density at radius 2 is 2.05 bits per heavy atom. The van der Waals surface area contributed by atoms with Gasteiger partial charge in [-0.3, -0.25) is 9.59 Å². The van der Waals surface area contributed by atoms with E-state index in [0.717, 1.165) is 5.39 Å². The van der Waals surface area contributed by atoms with Crippen molar-refractivity contribution in [3.8, 4) is 0 Å². The van der Waals surface area contributed by atoms with Crippen molar-refractivity contribution in [3.63, 3.8) is 0 Å². The van der Waals surface area contributed by atoms with Crippen molar-refractivity contribution in [2.45, 2.75) is 19.9 Å². The highest BCUT2D eigenvalue weighted by Crippen LogP contribution is 2.10. The first-order valence-electron chi connectivity index (χ1n) is 6.56. The minimum Gasteiger partial charge on any atom is -0.396 e. The lowest BCUT2D eigenvalue weighted by atomic mass is 10.0. The van der Waals surface area contributed by atoms with E-state index in [9.17, 15) is 9.59 Å². The maximum atomic E-state index is 12.1. The van der Waals surface area contributed by atoms with Crippen LogP contribution in [0.4, 0.5) is 0 Å². The largest absolute Gasteiger partial charge is 0.396 e. The molecule has 5 heteroatoms. The maximum absolute atomic E-state index is 12.1. The molecule has 1 heterocycles. The molecule has 1 amide bonds. The second-order valence-corrected chi connectivity index (χ2v) is 5.02. The first-order chi connectivity index (χ1) is 9.52. The number of aliphatic hydroxyl groups is 1. The maximum Gasteiger partial charge on any atom is 0.268 e. The van der Waals surface area contributed by atoms with Crippen LogP contribution in [-0.2, 0) is 0 Å². The van der Waals surface area contributed by atoms with E-state index in [1.807, 2.05) is 19.9 Å². The van der Waals surface area contributed by atoms with Crippen LogP contribution in [0, 0.1) is 5.92 Å². The molecule has 3 N–H and O–H groups in total. The molecule has 0 fully saturated rings. The molecule has 0 spiro atoms. The predicted molar refractivity (Wildman–Crippen MR) is 77.7 cm³/mol. The molecule has 0 aliphatic rings. The zero-order valence-corrected chi connectivity index (χ0v) is 11.5. The highest BCUT2D eigenvalue weighted by atomic mass is 16.3. The highest BCUT2D eigenvalue weighted by molar-refractivity contribution is 5.96. The van der Waals surface area contributed by atoms with Gasteiger partial charge in [-0.2, -0.15) is 0 Å². The van der Waals surface area contributed by atoms with Gasteiger partial charge in [0.05, 0.1) is 0 Å². The van der Waals surface area contributed by atoms with Crippen molar-refractivity contribution in [2.24, 2.45) is 5.92 Å². The molecule has 0 aliphatic carbocycles. The predicted octanol–water partition coefficient (Wildman–Crippen LogP) is 1.27. The molecule has 0 aliphatic heterocycles. The van der Waals surface area contributed by atoms with E-state index in [2.05, 4.69) is 10.3 Å². The smallest absolute Gasteiger partial charge is 0.268 e. The number of fused-ring (bicyclic) bond motifs is 1. The van der Waals surface area contributed by atoms with Gasteiger partial charge in [-0.15, -0.1) is 0 Å². The summed E-state index contributed by atoms with van der Waals surface area (Å²) in [6.45, 7) is 3.65. The number of aliphatic hydroxyl groups excluding tert-OH is 1. The summed E-state index contributed by atoms with van der Waals surface area (Å²) >= 11 is 0. The van der Waals surface area contributed by atoms with Crippen molar-refractivity contribution in [1.82, 2.24) is 10.3 Å². The topological polar surface area (TPSA) is 82.2 Å². The van der Waals surface area contributed by atoms with Gasteiger partial charge in [-0.05, 0) is 30.4 Å². The summed E-state index contributed by atoms with van der Waals surface area (Å²) in [4.78, 5) is 26.6. The highest BCUT2D eigenvalue weighted by Gasteiger charge is 2.16. The SMILES string of the molecule is CC(CO)C(C)NC(=O)c1cc2ccccc2c(=O)[nH]1. The van der Waals surface area contributed by atoms with Crippen LogP contribution in [0.25, 0.3) is 10.8 Å². The third-order valence-electron chi connectivity index (χ3n) is 3.50. The minimum absolute atomic E-state index is 0.00428. The molecule has 2 atom stereocenters. The van der Waals surface area contributed by atoms with Crippen LogP contribution in [-0.4, -0.2) is 28.6 Å². The molecular weight excluding hydrogens is 256 g/mol. The third-order valence-corrected chi connectivity index (χ3v) is 3.50. The Labute approximate surface area is 116 Å². The van der Waals surface area contributed by atoms with E-state index in [1.165, 1.54) is 0 Å². The zero-order chi connectivity index (χ0) is 14.7. The van der Waals surface area contributed by atoms with E-state index >= 15 is 0 Å². The standard InChI is InChI=1S/C15H18N2O3/c1-9(8-18)10(2)16-15(20)13-7-11-5-3-4-6-12(11)14(19)17-13/h3-7,9-10,18H,8H2,1-2H3,(H,16,20)(H,17,19). The number of hydrogen-bond donors (Lipinski definition) is 3. The number of nitrogens with one attached hydrogen (secondary N) is 2. The third kappa shape index (κ3) is 2.88. The van der Waals surface area contributed by atoms with Gasteiger partial charge in [0.15, 0.2) is 0 Å². The van der Waals surface area contributed by atoms with Crippen molar-refractivity contribution in [1.29, 1.82) is 0 Å². The van der Waals surface area contributed by atoms with Crippen LogP contribution in [0.15, 0.2) is 35.1 Å². The van der Waals surface area contributed by atoms with Crippen LogP contribution < -0.4 is 10.9 Å². The molecule has 0 radical (unpaired) electrons. The molecule has 1 aromatic carbocycles. The number of amides is 1. The van der Waals surface area contributed by atoms with Gasteiger partial charge in [-0.1, -0.05) is 25.1 Å². The Bertz CT molecular complexity index is 678. The summed E-state index contributed by atoms with van der Waals surface area (Å²) in [5, 5.41) is 13.1. The summed E-state index contributed by atoms with van der Waals surface area (Å²) < 4.78 is 0. The van der Waals surface area contributed by atoms with E-state index in [0.29, 0.717) is 5.39 Å². The molecule has 0 saturated heterocycles. The molecule has 0 bridgehead atoms. The molecule has 0 saturated carbocycles. The number of pyridine rings is 1. The van der Waals surface area contributed by atoms with Crippen LogP contribution in [0.2, 0.25) is 0 Å². The first-order valence-corrected chi connectivity index (χ1v) is 6.56. The molecule has 20 heavy (non-hydrogen) atoms. The van der Waals surface area contributed by atoms with Gasteiger partial charge in [0.25, 0.3) is 11.5 Å². The summed E-state index contributed by atoms with van der Waals surface area (Å²) in [6.07, 6.45) is 0. The molecule has 2 unspecified atom stereocenters. The van der Waals surface area contributed by atoms with Crippen LogP contribution in [0.3, 0.4) is 0 Å². The van der Waals surface area contributed by atoms with Crippen LogP contribution >= 0.6 is 0 Å². The number of carbonyl (C=O) groups excluding carboxylic acids is 1. The molecule has 2 rings (SSSR count). The van der Waals surface area contributed by atoms with E-state index < -0.39 is 0 Å². The van der Waals surface area contributed by atoms with Gasteiger partial charge in [0, 0.05) is 18.0 Å². The lowest BCUT2D eigenvalue weighted by Gasteiger charge is -2.19. The van der Waals surface area contributed by atoms with E-state index in [-0.39, 0.29) is 35.7 Å². The number of rotatable bonds is 4. The van der Waals surface area contributed by atoms with Gasteiger partial charge in [0.2, 0.25) is 0 Å². The molecule has 5 nitrogen and oxygen atoms in total. The number of hydrogen-bond acceptors (Lipinski definition) is 3. The fourth-order valence-corrected chi connectivity index (χ4v) is 1.92. The fourth-order valence-electron chi connectivity index (χ4n) is 1.92. The zero-order valence-electron chi connectivity index (χ0n) is 11.5. The number of aromatic amines is 1. The van der Waals surface area contributed by atoms with E-state index in [1.54, 1.807) is 24.3 Å². The number of carbonyl (C=O) groups is 1. The van der Waals surface area contributed by atoms with Gasteiger partial charge >= 0.3 is 0 Å². The second-order valence-electron chi connectivity index (χ2n) is 5.02. The monoisotopic (exact) mass is 274 g/mol. The quantitative estimate of drug-likeness (QED) is 0.785. The Morgan fingerprint density at radius 3 is 2.75 bits per heavy atom. The molecule has 2 aromatic rings. The number of benzene rings is 1. The average molecular weight is 274 g/mol. The average Bonchev–Trinajstić information content (AvgIpc) is 2.46. The normalized spacial score (nSPS) is 13.9. The van der Waals surface area contributed by atoms with Crippen molar-refractivity contribution in [2.75, 3.05) is 6.61 Å². The molecule has 1 aromatic heterocycles. The Hall–Kier alpha value is -2.14. The number of aromatic nitrogens is 1. The summed E-state index contributed by atoms with van der Waals surface area (Å²) in [5.41, 5.74) is -0.0539. The van der Waals surface area contributed by atoms with Crippen molar-refractivity contribution in [3.05, 3.63) is 46.4 Å². The van der Waals surface area contributed by atoms with Crippen molar-refractivity contribution < 1.29 is 9.90 Å². The summed E-state index contributed by atoms with van der Waals surface area (Å²) in [5.74, 6) is -0.396. The lowest BCUT2D eigenvalue weighted by Crippen LogP contribution is -2.39. The van der Waals surface area contributed by atoms with Crippen molar-refractivity contribution >= 4 is 16.7 Å². The van der Waals surface area contributed by atoms with Crippen LogP contribution in [0.5, 0.6) is 0 Å². The molecular formula is C15H18N2O3. The second kappa shape index (κ2) is 5.88. The van der Waals surface area contributed by atoms with Gasteiger partial charge < -0.3 is 15.4 Å². The Balaban J connectivity index is 2.29. The van der Waals surface area contributed by atoms with Gasteiger partial charge in [0.1, 0.15) is 5.69 Å². The first kappa shape index (κ1) is 14.3. The van der Waals surface area contributed by atoms with E-state index in [4.69, 9.17) is 5.11 Å².